The van der Waals surface area contributed by atoms with Gasteiger partial charge in [0.05, 0.1) is 5.69 Å². The lowest BCUT2D eigenvalue weighted by Gasteiger charge is -2.23. The molecule has 1 aromatic carbocycles. The highest BCUT2D eigenvalue weighted by molar-refractivity contribution is 7.89. The van der Waals surface area contributed by atoms with Crippen molar-refractivity contribution in [2.24, 2.45) is 11.1 Å². The van der Waals surface area contributed by atoms with E-state index in [1.807, 2.05) is 0 Å². The van der Waals surface area contributed by atoms with E-state index >= 15 is 0 Å². The van der Waals surface area contributed by atoms with Gasteiger partial charge in [-0.25, -0.2) is 13.6 Å². The van der Waals surface area contributed by atoms with Crippen LogP contribution in [0.5, 0.6) is 0 Å². The molecule has 1 unspecified atom stereocenters. The maximum Gasteiger partial charge on any atom is 0.240 e. The fourth-order valence-corrected chi connectivity index (χ4v) is 2.92. The SMILES string of the molecule is CCC(CC)C(C)Nc1ccc(S(N)(=O)=O)c(N)c1. The summed E-state index contributed by atoms with van der Waals surface area (Å²) >= 11 is 0. The summed E-state index contributed by atoms with van der Waals surface area (Å²) < 4.78 is 22.5. The minimum Gasteiger partial charge on any atom is -0.398 e. The van der Waals surface area contributed by atoms with Gasteiger partial charge in [-0.05, 0) is 31.0 Å². The van der Waals surface area contributed by atoms with Gasteiger partial charge in [0.1, 0.15) is 4.90 Å². The normalized spacial score (nSPS) is 13.5. The molecule has 0 aliphatic carbocycles. The number of hydrogen-bond acceptors (Lipinski definition) is 4. The van der Waals surface area contributed by atoms with Crippen LogP contribution < -0.4 is 16.2 Å². The Balaban J connectivity index is 2.91. The van der Waals surface area contributed by atoms with Crippen LogP contribution in [0.4, 0.5) is 11.4 Å². The molecular weight excluding hydrogens is 262 g/mol. The number of benzene rings is 1. The van der Waals surface area contributed by atoms with Gasteiger partial charge in [-0.3, -0.25) is 0 Å². The summed E-state index contributed by atoms with van der Waals surface area (Å²) in [5, 5.41) is 8.42. The lowest BCUT2D eigenvalue weighted by atomic mass is 9.95. The molecule has 0 saturated heterocycles. The second kappa shape index (κ2) is 6.25. The lowest BCUT2D eigenvalue weighted by Crippen LogP contribution is -2.25. The molecule has 5 nitrogen and oxygen atoms in total. The molecule has 1 rings (SSSR count). The van der Waals surface area contributed by atoms with Gasteiger partial charge in [0, 0.05) is 11.7 Å². The fraction of sp³-hybridized carbons (Fsp3) is 0.538. The maximum absolute atomic E-state index is 11.3. The molecule has 6 heteroatoms. The Morgan fingerprint density at radius 3 is 2.26 bits per heavy atom. The quantitative estimate of drug-likeness (QED) is 0.697. The molecule has 0 fully saturated rings. The Morgan fingerprint density at radius 1 is 1.26 bits per heavy atom. The van der Waals surface area contributed by atoms with Gasteiger partial charge in [0.25, 0.3) is 0 Å². The van der Waals surface area contributed by atoms with Gasteiger partial charge in [-0.2, -0.15) is 0 Å². The van der Waals surface area contributed by atoms with E-state index in [4.69, 9.17) is 10.9 Å². The number of sulfonamides is 1. The van der Waals surface area contributed by atoms with Gasteiger partial charge in [0.15, 0.2) is 0 Å². The average Bonchev–Trinajstić information content (AvgIpc) is 2.28. The van der Waals surface area contributed by atoms with Crippen LogP contribution in [-0.2, 0) is 10.0 Å². The van der Waals surface area contributed by atoms with E-state index in [-0.39, 0.29) is 10.6 Å². The highest BCUT2D eigenvalue weighted by Gasteiger charge is 2.15. The smallest absolute Gasteiger partial charge is 0.240 e. The lowest BCUT2D eigenvalue weighted by molar-refractivity contribution is 0.438. The number of nitrogens with two attached hydrogens (primary N) is 2. The topological polar surface area (TPSA) is 98.2 Å². The van der Waals surface area contributed by atoms with Crippen LogP contribution in [0, 0.1) is 5.92 Å². The van der Waals surface area contributed by atoms with Gasteiger partial charge >= 0.3 is 0 Å². The van der Waals surface area contributed by atoms with Crippen molar-refractivity contribution in [2.75, 3.05) is 11.1 Å². The second-order valence-electron chi connectivity index (χ2n) is 4.81. The van der Waals surface area contributed by atoms with Gasteiger partial charge < -0.3 is 11.1 Å². The number of hydrogen-bond donors (Lipinski definition) is 3. The highest BCUT2D eigenvalue weighted by Crippen LogP contribution is 2.24. The summed E-state index contributed by atoms with van der Waals surface area (Å²) in [7, 11) is -3.76. The van der Waals surface area contributed by atoms with Crippen LogP contribution in [0.15, 0.2) is 23.1 Å². The van der Waals surface area contributed by atoms with Crippen molar-refractivity contribution in [2.45, 2.75) is 44.6 Å². The van der Waals surface area contributed by atoms with Crippen LogP contribution in [0.25, 0.3) is 0 Å². The minimum atomic E-state index is -3.76. The van der Waals surface area contributed by atoms with Crippen molar-refractivity contribution in [3.8, 4) is 0 Å². The highest BCUT2D eigenvalue weighted by atomic mass is 32.2. The van der Waals surface area contributed by atoms with Crippen LogP contribution in [0.3, 0.4) is 0 Å². The molecule has 0 aliphatic heterocycles. The van der Waals surface area contributed by atoms with Gasteiger partial charge in [-0.15, -0.1) is 0 Å². The molecule has 0 heterocycles. The molecule has 5 N–H and O–H groups in total. The number of primary sulfonamides is 1. The molecule has 0 spiro atoms. The van der Waals surface area contributed by atoms with Gasteiger partial charge in [-0.1, -0.05) is 26.7 Å². The largest absolute Gasteiger partial charge is 0.398 e. The van der Waals surface area contributed by atoms with Crippen LogP contribution in [0.1, 0.15) is 33.6 Å². The number of anilines is 2. The molecule has 1 atom stereocenters. The summed E-state index contributed by atoms with van der Waals surface area (Å²) in [4.78, 5) is -0.0340. The molecule has 19 heavy (non-hydrogen) atoms. The van der Waals surface area contributed by atoms with Gasteiger partial charge in [0.2, 0.25) is 10.0 Å². The predicted octanol–water partition coefficient (Wildman–Crippen LogP) is 2.15. The van der Waals surface area contributed by atoms with Crippen LogP contribution >= 0.6 is 0 Å². The first-order valence-corrected chi connectivity index (χ1v) is 8.03. The molecule has 0 bridgehead atoms. The van der Waals surface area contributed by atoms with Crippen molar-refractivity contribution < 1.29 is 8.42 Å². The zero-order valence-electron chi connectivity index (χ0n) is 11.7. The monoisotopic (exact) mass is 285 g/mol. The molecule has 0 radical (unpaired) electrons. The Morgan fingerprint density at radius 2 is 1.84 bits per heavy atom. The van der Waals surface area contributed by atoms with Crippen molar-refractivity contribution in [1.29, 1.82) is 0 Å². The third kappa shape index (κ3) is 4.11. The summed E-state index contributed by atoms with van der Waals surface area (Å²) in [5.41, 5.74) is 6.71. The molecule has 0 aromatic heterocycles. The van der Waals surface area contributed by atoms with Crippen molar-refractivity contribution in [3.05, 3.63) is 18.2 Å². The summed E-state index contributed by atoms with van der Waals surface area (Å²) in [6, 6.07) is 5.04. The van der Waals surface area contributed by atoms with E-state index in [1.54, 1.807) is 12.1 Å². The van der Waals surface area contributed by atoms with Crippen LogP contribution in [-0.4, -0.2) is 14.5 Å². The third-order valence-electron chi connectivity index (χ3n) is 3.47. The fourth-order valence-electron chi connectivity index (χ4n) is 2.27. The third-order valence-corrected chi connectivity index (χ3v) is 4.45. The predicted molar refractivity (Wildman–Crippen MR) is 79.4 cm³/mol. The van der Waals surface area contributed by atoms with Crippen LogP contribution in [0.2, 0.25) is 0 Å². The molecule has 0 saturated carbocycles. The first-order valence-electron chi connectivity index (χ1n) is 6.48. The van der Waals surface area contributed by atoms with E-state index in [1.165, 1.54) is 6.07 Å². The Kier molecular flexibility index (Phi) is 5.20. The Bertz CT molecular complexity index is 525. The molecule has 0 amide bonds. The molecular formula is C13H23N3O2S. The van der Waals surface area contributed by atoms with Crippen molar-refractivity contribution in [3.63, 3.8) is 0 Å². The van der Waals surface area contributed by atoms with E-state index in [2.05, 4.69) is 26.1 Å². The standard InChI is InChI=1S/C13H23N3O2S/c1-4-10(5-2)9(3)16-11-6-7-13(12(14)8-11)19(15,17)18/h6-10,16H,4-5,14H2,1-3H3,(H2,15,17,18). The summed E-state index contributed by atoms with van der Waals surface area (Å²) in [6.45, 7) is 6.43. The molecule has 1 aromatic rings. The van der Waals surface area contributed by atoms with E-state index in [0.29, 0.717) is 12.0 Å². The number of rotatable bonds is 6. The molecule has 108 valence electrons. The minimum absolute atomic E-state index is 0.0340. The summed E-state index contributed by atoms with van der Waals surface area (Å²) in [6.07, 6.45) is 2.19. The first-order chi connectivity index (χ1) is 8.79. The second-order valence-corrected chi connectivity index (χ2v) is 6.34. The van der Waals surface area contributed by atoms with Crippen molar-refractivity contribution in [1.82, 2.24) is 0 Å². The maximum atomic E-state index is 11.3. The van der Waals surface area contributed by atoms with Crippen molar-refractivity contribution >= 4 is 21.4 Å². The first kappa shape index (κ1) is 15.8. The Hall–Kier alpha value is -1.27. The average molecular weight is 285 g/mol. The van der Waals surface area contributed by atoms with E-state index in [9.17, 15) is 8.42 Å². The van der Waals surface area contributed by atoms with E-state index in [0.717, 1.165) is 18.5 Å². The number of nitrogen functional groups attached to an aromatic ring is 1. The zero-order valence-corrected chi connectivity index (χ0v) is 12.5. The van der Waals surface area contributed by atoms with E-state index < -0.39 is 10.0 Å². The zero-order chi connectivity index (χ0) is 14.6. The Labute approximate surface area is 115 Å². The number of nitrogens with one attached hydrogen (secondary N) is 1. The molecule has 0 aliphatic rings. The summed E-state index contributed by atoms with van der Waals surface area (Å²) in [5.74, 6) is 0.569.